The maximum Gasteiger partial charge on any atom is 0.264 e. The van der Waals surface area contributed by atoms with E-state index in [9.17, 15) is 4.79 Å². The van der Waals surface area contributed by atoms with Gasteiger partial charge in [-0.15, -0.1) is 0 Å². The summed E-state index contributed by atoms with van der Waals surface area (Å²) in [6.45, 7) is 0. The Morgan fingerprint density at radius 2 is 1.82 bits per heavy atom. The van der Waals surface area contributed by atoms with Gasteiger partial charge in [-0.25, -0.2) is 4.99 Å². The number of nitrogens with one attached hydrogen (secondary N) is 1. The summed E-state index contributed by atoms with van der Waals surface area (Å²) in [4.78, 5) is 17.1. The van der Waals surface area contributed by atoms with Crippen LogP contribution in [0.4, 0.5) is 5.69 Å². The van der Waals surface area contributed by atoms with Gasteiger partial charge in [-0.2, -0.15) is 0 Å². The maximum atomic E-state index is 12.2. The molecule has 1 N–H and O–H groups in total. The molecule has 1 aromatic heterocycles. The Hall–Kier alpha value is -2.18. The number of rotatable bonds is 3. The van der Waals surface area contributed by atoms with Crippen LogP contribution in [0.3, 0.4) is 0 Å². The molecule has 0 spiro atoms. The minimum Gasteiger partial charge on any atom is -0.457 e. The predicted molar refractivity (Wildman–Crippen MR) is 116 cm³/mol. The van der Waals surface area contributed by atoms with Crippen LogP contribution in [0.1, 0.15) is 5.76 Å². The Morgan fingerprint density at radius 3 is 2.61 bits per heavy atom. The van der Waals surface area contributed by atoms with Crippen molar-refractivity contribution in [1.82, 2.24) is 5.32 Å². The Kier molecular flexibility index (Phi) is 5.51. The first-order chi connectivity index (χ1) is 13.5. The molecule has 140 valence electrons. The number of thioether (sulfide) groups is 1. The number of hydrogen-bond acceptors (Lipinski definition) is 4. The molecule has 28 heavy (non-hydrogen) atoms. The van der Waals surface area contributed by atoms with Crippen LogP contribution in [-0.2, 0) is 4.79 Å². The summed E-state index contributed by atoms with van der Waals surface area (Å²) in [6.07, 6.45) is 1.67. The van der Waals surface area contributed by atoms with Crippen molar-refractivity contribution in [2.45, 2.75) is 0 Å². The lowest BCUT2D eigenvalue weighted by Gasteiger charge is -1.99. The molecule has 1 amide bonds. The third-order valence-electron chi connectivity index (χ3n) is 3.79. The van der Waals surface area contributed by atoms with Gasteiger partial charge in [0.05, 0.1) is 15.6 Å². The zero-order valence-electron chi connectivity index (χ0n) is 14.1. The number of aliphatic imine (C=N–C) groups is 1. The summed E-state index contributed by atoms with van der Waals surface area (Å²) in [7, 11) is 0. The van der Waals surface area contributed by atoms with Crippen LogP contribution in [0.2, 0.25) is 15.1 Å². The van der Waals surface area contributed by atoms with E-state index >= 15 is 0 Å². The fourth-order valence-electron chi connectivity index (χ4n) is 2.52. The number of nitrogens with zero attached hydrogens (tertiary/aromatic N) is 1. The Balaban J connectivity index is 1.56. The van der Waals surface area contributed by atoms with Gasteiger partial charge in [0.1, 0.15) is 11.5 Å². The number of hydrogen-bond donors (Lipinski definition) is 1. The van der Waals surface area contributed by atoms with Gasteiger partial charge >= 0.3 is 0 Å². The minimum atomic E-state index is -0.255. The van der Waals surface area contributed by atoms with Crippen LogP contribution in [0, 0.1) is 0 Å². The van der Waals surface area contributed by atoms with E-state index in [-0.39, 0.29) is 5.91 Å². The number of carbonyl (C=O) groups is 1. The van der Waals surface area contributed by atoms with Crippen molar-refractivity contribution in [3.63, 3.8) is 0 Å². The zero-order chi connectivity index (χ0) is 19.7. The molecule has 0 saturated carbocycles. The quantitative estimate of drug-likeness (QED) is 0.447. The summed E-state index contributed by atoms with van der Waals surface area (Å²) in [5, 5.41) is 4.70. The molecule has 8 heteroatoms. The molecule has 1 aliphatic rings. The van der Waals surface area contributed by atoms with E-state index in [2.05, 4.69) is 10.3 Å². The van der Waals surface area contributed by atoms with E-state index in [1.54, 1.807) is 36.4 Å². The molecular weight excluding hydrogens is 439 g/mol. The zero-order valence-corrected chi connectivity index (χ0v) is 17.2. The van der Waals surface area contributed by atoms with E-state index in [4.69, 9.17) is 39.2 Å². The summed E-state index contributed by atoms with van der Waals surface area (Å²) >= 11 is 19.2. The number of furan rings is 1. The summed E-state index contributed by atoms with van der Waals surface area (Å²) < 4.78 is 5.82. The van der Waals surface area contributed by atoms with Gasteiger partial charge in [0.15, 0.2) is 5.17 Å². The molecule has 3 aromatic rings. The van der Waals surface area contributed by atoms with E-state index in [1.807, 2.05) is 24.3 Å². The van der Waals surface area contributed by atoms with Crippen LogP contribution in [0.15, 0.2) is 68.9 Å². The highest BCUT2D eigenvalue weighted by Crippen LogP contribution is 2.33. The molecule has 1 fully saturated rings. The highest BCUT2D eigenvalue weighted by molar-refractivity contribution is 8.18. The molecule has 2 heterocycles. The molecule has 0 unspecified atom stereocenters. The highest BCUT2D eigenvalue weighted by Gasteiger charge is 2.24. The van der Waals surface area contributed by atoms with Crippen molar-refractivity contribution in [3.05, 3.63) is 80.3 Å². The van der Waals surface area contributed by atoms with E-state index < -0.39 is 0 Å². The number of amidine groups is 1. The molecule has 4 rings (SSSR count). The van der Waals surface area contributed by atoms with E-state index in [0.717, 1.165) is 5.56 Å². The molecular formula is C20H11Cl3N2O2S. The van der Waals surface area contributed by atoms with Crippen LogP contribution in [0.25, 0.3) is 17.4 Å². The first-order valence-corrected chi connectivity index (χ1v) is 10.0. The second-order valence-electron chi connectivity index (χ2n) is 5.79. The van der Waals surface area contributed by atoms with Crippen LogP contribution >= 0.6 is 46.6 Å². The molecule has 0 atom stereocenters. The first kappa shape index (κ1) is 19.2. The lowest BCUT2D eigenvalue weighted by atomic mass is 10.2. The fourth-order valence-corrected chi connectivity index (χ4v) is 3.97. The largest absolute Gasteiger partial charge is 0.457 e. The topological polar surface area (TPSA) is 54.6 Å². The van der Waals surface area contributed by atoms with E-state index in [1.165, 1.54) is 11.8 Å². The van der Waals surface area contributed by atoms with Crippen molar-refractivity contribution in [3.8, 4) is 11.3 Å². The lowest BCUT2D eigenvalue weighted by Crippen LogP contribution is -2.19. The van der Waals surface area contributed by atoms with Crippen LogP contribution in [-0.4, -0.2) is 11.1 Å². The molecule has 0 radical (unpaired) electrons. The second-order valence-corrected chi connectivity index (χ2v) is 8.10. The van der Waals surface area contributed by atoms with Crippen LogP contribution < -0.4 is 5.32 Å². The van der Waals surface area contributed by atoms with Gasteiger partial charge in [-0.05, 0) is 54.2 Å². The predicted octanol–water partition coefficient (Wildman–Crippen LogP) is 6.80. The first-order valence-electron chi connectivity index (χ1n) is 8.08. The summed E-state index contributed by atoms with van der Waals surface area (Å²) in [5.74, 6) is 0.965. The number of carbonyl (C=O) groups excluding carboxylic acids is 1. The molecule has 0 bridgehead atoms. The number of amides is 1. The summed E-state index contributed by atoms with van der Waals surface area (Å²) in [6, 6.07) is 16.0. The van der Waals surface area contributed by atoms with Crippen molar-refractivity contribution in [2.24, 2.45) is 4.99 Å². The number of benzene rings is 2. The molecule has 1 aliphatic heterocycles. The smallest absolute Gasteiger partial charge is 0.264 e. The van der Waals surface area contributed by atoms with Crippen molar-refractivity contribution >= 4 is 69.4 Å². The average molecular weight is 450 g/mol. The Morgan fingerprint density at radius 1 is 1.00 bits per heavy atom. The van der Waals surface area contributed by atoms with Crippen molar-refractivity contribution < 1.29 is 9.21 Å². The SMILES string of the molecule is O=C1NC(=Nc2ccc(Cl)cc2Cl)S/C1=C/c1ccc(-c2cccc(Cl)c2)o1. The maximum absolute atomic E-state index is 12.2. The third kappa shape index (κ3) is 4.28. The van der Waals surface area contributed by atoms with Crippen molar-refractivity contribution in [2.75, 3.05) is 0 Å². The van der Waals surface area contributed by atoms with Gasteiger partial charge in [-0.3, -0.25) is 4.79 Å². The van der Waals surface area contributed by atoms with Gasteiger partial charge in [0, 0.05) is 21.7 Å². The van der Waals surface area contributed by atoms with Crippen LogP contribution in [0.5, 0.6) is 0 Å². The highest BCUT2D eigenvalue weighted by atomic mass is 35.5. The fraction of sp³-hybridized carbons (Fsp3) is 0. The Labute approximate surface area is 180 Å². The second kappa shape index (κ2) is 8.05. The monoisotopic (exact) mass is 448 g/mol. The molecule has 2 aromatic carbocycles. The van der Waals surface area contributed by atoms with Gasteiger partial charge in [0.25, 0.3) is 5.91 Å². The molecule has 1 saturated heterocycles. The summed E-state index contributed by atoms with van der Waals surface area (Å²) in [5.41, 5.74) is 1.39. The van der Waals surface area contributed by atoms with Gasteiger partial charge in [-0.1, -0.05) is 46.9 Å². The Bertz CT molecular complexity index is 1140. The normalized spacial score (nSPS) is 16.8. The standard InChI is InChI=1S/C20H11Cl3N2O2S/c21-12-3-1-2-11(8-12)17-7-5-14(27-17)10-18-19(26)25-20(28-18)24-16-6-4-13(22)9-15(16)23/h1-10H,(H,24,25,26)/b18-10+. The average Bonchev–Trinajstić information content (AvgIpc) is 3.25. The molecule has 0 aliphatic carbocycles. The van der Waals surface area contributed by atoms with E-state index in [0.29, 0.717) is 42.3 Å². The third-order valence-corrected chi connectivity index (χ3v) is 5.47. The van der Waals surface area contributed by atoms with Crippen molar-refractivity contribution in [1.29, 1.82) is 0 Å². The lowest BCUT2D eigenvalue weighted by molar-refractivity contribution is -0.115. The van der Waals surface area contributed by atoms with Gasteiger partial charge in [0.2, 0.25) is 0 Å². The number of halogens is 3. The minimum absolute atomic E-state index is 0.255. The molecule has 4 nitrogen and oxygen atoms in total. The van der Waals surface area contributed by atoms with Gasteiger partial charge < -0.3 is 9.73 Å².